The SMILES string of the molecule is O=[N+]([O-])c1cccc([N-]S(=O)(=O)c2ccc(F)cc2)c1. The van der Waals surface area contributed by atoms with Crippen LogP contribution in [0, 0.1) is 15.9 Å². The second-order valence-electron chi connectivity index (χ2n) is 3.80. The zero-order chi connectivity index (χ0) is 14.8. The highest BCUT2D eigenvalue weighted by Crippen LogP contribution is 2.30. The summed E-state index contributed by atoms with van der Waals surface area (Å²) in [5, 5.41) is 10.6. The second-order valence-corrected chi connectivity index (χ2v) is 5.40. The molecular formula is C12H8FN2O4S-. The zero-order valence-electron chi connectivity index (χ0n) is 9.93. The van der Waals surface area contributed by atoms with Gasteiger partial charge in [-0.15, -0.1) is 5.69 Å². The molecule has 0 heterocycles. The molecule has 6 nitrogen and oxygen atoms in total. The smallest absolute Gasteiger partial charge is 0.268 e. The van der Waals surface area contributed by atoms with Crippen molar-refractivity contribution in [3.05, 3.63) is 69.2 Å². The van der Waals surface area contributed by atoms with Crippen molar-refractivity contribution < 1.29 is 17.7 Å². The number of nitrogens with zero attached hydrogens (tertiary/aromatic N) is 2. The quantitative estimate of drug-likeness (QED) is 0.640. The van der Waals surface area contributed by atoms with Crippen LogP contribution in [0.4, 0.5) is 15.8 Å². The van der Waals surface area contributed by atoms with Crippen LogP contribution in [0.2, 0.25) is 0 Å². The summed E-state index contributed by atoms with van der Waals surface area (Å²) < 4.78 is 40.1. The molecule has 0 fully saturated rings. The van der Waals surface area contributed by atoms with Gasteiger partial charge in [0.2, 0.25) is 0 Å². The third-order valence-electron chi connectivity index (χ3n) is 2.38. The van der Waals surface area contributed by atoms with Gasteiger partial charge in [-0.1, -0.05) is 12.1 Å². The van der Waals surface area contributed by atoms with Crippen molar-refractivity contribution in [1.29, 1.82) is 0 Å². The largest absolute Gasteiger partial charge is 0.573 e. The molecule has 2 rings (SSSR count). The second kappa shape index (κ2) is 5.25. The lowest BCUT2D eigenvalue weighted by molar-refractivity contribution is -0.384. The maximum absolute atomic E-state index is 12.7. The molecule has 2 aromatic rings. The molecule has 0 aromatic heterocycles. The molecule has 8 heteroatoms. The van der Waals surface area contributed by atoms with E-state index in [0.29, 0.717) is 0 Å². The molecule has 0 aliphatic heterocycles. The van der Waals surface area contributed by atoms with Crippen molar-refractivity contribution >= 4 is 21.4 Å². The number of nitro groups is 1. The minimum Gasteiger partial charge on any atom is -0.573 e. The third-order valence-corrected chi connectivity index (χ3v) is 3.70. The first-order valence-electron chi connectivity index (χ1n) is 5.36. The molecule has 0 aliphatic rings. The van der Waals surface area contributed by atoms with Gasteiger partial charge in [0.05, 0.1) is 9.82 Å². The summed E-state index contributed by atoms with van der Waals surface area (Å²) in [7, 11) is -4.04. The highest BCUT2D eigenvalue weighted by Gasteiger charge is 2.07. The summed E-state index contributed by atoms with van der Waals surface area (Å²) in [6, 6.07) is 9.07. The molecule has 0 radical (unpaired) electrons. The molecule has 0 unspecified atom stereocenters. The predicted molar refractivity (Wildman–Crippen MR) is 69.7 cm³/mol. The standard InChI is InChI=1S/C12H8FN2O4S/c13-9-4-6-12(7-5-9)20(18,19)14-10-2-1-3-11(8-10)15(16)17/h1-8H/q-1. The normalized spacial score (nSPS) is 11.1. The van der Waals surface area contributed by atoms with Crippen molar-refractivity contribution in [2.45, 2.75) is 4.90 Å². The average molecular weight is 295 g/mol. The number of nitro benzene ring substituents is 1. The van der Waals surface area contributed by atoms with Crippen LogP contribution in [0.15, 0.2) is 53.4 Å². The molecule has 0 aliphatic carbocycles. The van der Waals surface area contributed by atoms with Crippen LogP contribution in [0.3, 0.4) is 0 Å². The van der Waals surface area contributed by atoms with Gasteiger partial charge in [-0.3, -0.25) is 10.1 Å². The van der Waals surface area contributed by atoms with Gasteiger partial charge in [-0.25, -0.2) is 12.8 Å². The van der Waals surface area contributed by atoms with E-state index in [9.17, 15) is 22.9 Å². The summed E-state index contributed by atoms with van der Waals surface area (Å²) in [6.45, 7) is 0. The highest BCUT2D eigenvalue weighted by molar-refractivity contribution is 7.94. The molecule has 104 valence electrons. The molecule has 0 saturated heterocycles. The van der Waals surface area contributed by atoms with E-state index in [2.05, 4.69) is 4.72 Å². The number of hydrogen-bond donors (Lipinski definition) is 0. The van der Waals surface area contributed by atoms with E-state index in [1.54, 1.807) is 0 Å². The lowest BCUT2D eigenvalue weighted by Gasteiger charge is -2.21. The number of sulfonamides is 1. The first-order valence-corrected chi connectivity index (χ1v) is 6.80. The van der Waals surface area contributed by atoms with Crippen LogP contribution >= 0.6 is 0 Å². The van der Waals surface area contributed by atoms with Crippen molar-refractivity contribution in [1.82, 2.24) is 0 Å². The summed E-state index contributed by atoms with van der Waals surface area (Å²) in [4.78, 5) is 9.76. The van der Waals surface area contributed by atoms with Gasteiger partial charge in [-0.05, 0) is 24.3 Å². The minimum absolute atomic E-state index is 0.0662. The molecule has 2 aromatic carbocycles. The van der Waals surface area contributed by atoms with Gasteiger partial charge < -0.3 is 4.72 Å². The van der Waals surface area contributed by atoms with Crippen LogP contribution in [-0.2, 0) is 10.0 Å². The van der Waals surface area contributed by atoms with Crippen molar-refractivity contribution in [2.75, 3.05) is 0 Å². The minimum atomic E-state index is -4.04. The molecular weight excluding hydrogens is 287 g/mol. The number of non-ortho nitro benzene ring substituents is 1. The molecule has 0 spiro atoms. The van der Waals surface area contributed by atoms with Crippen LogP contribution in [0.25, 0.3) is 4.72 Å². The Kier molecular flexibility index (Phi) is 3.66. The van der Waals surface area contributed by atoms with E-state index in [-0.39, 0.29) is 16.3 Å². The van der Waals surface area contributed by atoms with Gasteiger partial charge in [0.1, 0.15) is 15.8 Å². The van der Waals surface area contributed by atoms with E-state index < -0.39 is 20.8 Å². The van der Waals surface area contributed by atoms with Crippen LogP contribution in [-0.4, -0.2) is 13.3 Å². The summed E-state index contributed by atoms with van der Waals surface area (Å²) in [6.07, 6.45) is 0. The van der Waals surface area contributed by atoms with Crippen molar-refractivity contribution in [3.63, 3.8) is 0 Å². The van der Waals surface area contributed by atoms with Crippen LogP contribution in [0.5, 0.6) is 0 Å². The average Bonchev–Trinajstić information content (AvgIpc) is 2.39. The number of rotatable bonds is 4. The molecule has 0 amide bonds. The Morgan fingerprint density at radius 2 is 1.75 bits per heavy atom. The summed E-state index contributed by atoms with van der Waals surface area (Å²) in [5.41, 5.74) is -0.330. The Hall–Kier alpha value is -2.48. The van der Waals surface area contributed by atoms with Crippen LogP contribution in [0.1, 0.15) is 0 Å². The van der Waals surface area contributed by atoms with Gasteiger partial charge in [-0.2, -0.15) is 0 Å². The Bertz CT molecular complexity index is 744. The third kappa shape index (κ3) is 3.09. The number of halogens is 1. The number of hydrogen-bond acceptors (Lipinski definition) is 4. The van der Waals surface area contributed by atoms with Crippen LogP contribution < -0.4 is 0 Å². The summed E-state index contributed by atoms with van der Waals surface area (Å²) >= 11 is 0. The van der Waals surface area contributed by atoms with Crippen molar-refractivity contribution in [2.24, 2.45) is 0 Å². The predicted octanol–water partition coefficient (Wildman–Crippen LogP) is 3.13. The fourth-order valence-electron chi connectivity index (χ4n) is 1.46. The van der Waals surface area contributed by atoms with Gasteiger partial charge in [0, 0.05) is 12.1 Å². The highest BCUT2D eigenvalue weighted by atomic mass is 32.2. The molecule has 0 N–H and O–H groups in total. The molecule has 20 heavy (non-hydrogen) atoms. The van der Waals surface area contributed by atoms with Gasteiger partial charge in [0.25, 0.3) is 5.69 Å². The van der Waals surface area contributed by atoms with Gasteiger partial charge in [0.15, 0.2) is 0 Å². The Morgan fingerprint density at radius 1 is 1.10 bits per heavy atom. The molecule has 0 bridgehead atoms. The first-order chi connectivity index (χ1) is 9.38. The van der Waals surface area contributed by atoms with E-state index >= 15 is 0 Å². The topological polar surface area (TPSA) is 91.4 Å². The van der Waals surface area contributed by atoms with E-state index in [4.69, 9.17) is 0 Å². The van der Waals surface area contributed by atoms with E-state index in [1.165, 1.54) is 18.2 Å². The fourth-order valence-corrected chi connectivity index (χ4v) is 2.44. The Balaban J connectivity index is 2.31. The number of benzene rings is 2. The maximum atomic E-state index is 12.7. The van der Waals surface area contributed by atoms with Gasteiger partial charge >= 0.3 is 0 Å². The molecule has 0 saturated carbocycles. The Morgan fingerprint density at radius 3 is 2.35 bits per heavy atom. The maximum Gasteiger partial charge on any atom is 0.268 e. The van der Waals surface area contributed by atoms with Crippen molar-refractivity contribution in [3.8, 4) is 0 Å². The summed E-state index contributed by atoms with van der Waals surface area (Å²) in [5.74, 6) is -0.570. The van der Waals surface area contributed by atoms with E-state index in [0.717, 1.165) is 30.3 Å². The Labute approximate surface area is 114 Å². The monoisotopic (exact) mass is 295 g/mol. The van der Waals surface area contributed by atoms with E-state index in [1.807, 2.05) is 0 Å². The zero-order valence-corrected chi connectivity index (χ0v) is 10.7. The lowest BCUT2D eigenvalue weighted by Crippen LogP contribution is -1.98. The molecule has 0 atom stereocenters. The lowest BCUT2D eigenvalue weighted by atomic mass is 10.3. The fraction of sp³-hybridized carbons (Fsp3) is 0. The first kappa shape index (κ1) is 13.9.